The van der Waals surface area contributed by atoms with Gasteiger partial charge in [0.1, 0.15) is 0 Å². The lowest BCUT2D eigenvalue weighted by Gasteiger charge is -2.43. The van der Waals surface area contributed by atoms with Crippen LogP contribution in [0.5, 0.6) is 0 Å². The Balaban J connectivity index is 0.000000501. The zero-order valence-corrected chi connectivity index (χ0v) is 18.6. The second kappa shape index (κ2) is 12.4. The van der Waals surface area contributed by atoms with Gasteiger partial charge in [0.15, 0.2) is 0 Å². The molecule has 0 spiro atoms. The quantitative estimate of drug-likeness (QED) is 0.685. The van der Waals surface area contributed by atoms with Crippen molar-refractivity contribution in [2.75, 3.05) is 39.3 Å². The van der Waals surface area contributed by atoms with Crippen LogP contribution in [0.25, 0.3) is 0 Å². The van der Waals surface area contributed by atoms with Crippen LogP contribution in [0.15, 0.2) is 30.3 Å². The van der Waals surface area contributed by atoms with E-state index in [4.69, 9.17) is 19.8 Å². The molecule has 2 heterocycles. The topological polar surface area (TPSA) is 101 Å². The van der Waals surface area contributed by atoms with Crippen LogP contribution in [0.2, 0.25) is 0 Å². The summed E-state index contributed by atoms with van der Waals surface area (Å²) < 4.78 is 0. The third kappa shape index (κ3) is 8.67. The van der Waals surface area contributed by atoms with Crippen molar-refractivity contribution in [2.45, 2.75) is 45.7 Å². The molecular weight excluding hydrogens is 398 g/mol. The molecule has 0 radical (unpaired) electrons. The van der Waals surface area contributed by atoms with E-state index in [0.717, 1.165) is 58.7 Å². The van der Waals surface area contributed by atoms with Gasteiger partial charge in [-0.3, -0.25) is 14.6 Å². The fraction of sp³-hybridized carbons (Fsp3) is 0.609. The molecule has 1 aromatic rings. The van der Waals surface area contributed by atoms with Crippen molar-refractivity contribution in [1.82, 2.24) is 14.7 Å². The van der Waals surface area contributed by atoms with Crippen LogP contribution in [0.4, 0.5) is 0 Å². The maximum atomic E-state index is 12.2. The largest absolute Gasteiger partial charge is 0.473 e. The van der Waals surface area contributed by atoms with Crippen LogP contribution in [-0.2, 0) is 20.9 Å². The van der Waals surface area contributed by atoms with Gasteiger partial charge in [0.2, 0.25) is 5.91 Å². The number of nitrogens with zero attached hydrogens (tertiary/aromatic N) is 3. The number of aliphatic carboxylic acids is 2. The average molecular weight is 434 g/mol. The Morgan fingerprint density at radius 2 is 1.45 bits per heavy atom. The summed E-state index contributed by atoms with van der Waals surface area (Å²) in [5.41, 5.74) is 1.41. The second-order valence-electron chi connectivity index (χ2n) is 8.62. The second-order valence-corrected chi connectivity index (χ2v) is 8.62. The summed E-state index contributed by atoms with van der Waals surface area (Å²) >= 11 is 0. The number of benzene rings is 1. The number of piperidine rings is 1. The summed E-state index contributed by atoms with van der Waals surface area (Å²) in [6, 6.07) is 11.4. The van der Waals surface area contributed by atoms with Gasteiger partial charge < -0.3 is 15.1 Å². The lowest BCUT2D eigenvalue weighted by molar-refractivity contribution is -0.159. The molecule has 1 amide bonds. The van der Waals surface area contributed by atoms with Crippen molar-refractivity contribution in [1.29, 1.82) is 0 Å². The molecular formula is C23H35N3O5. The van der Waals surface area contributed by atoms with E-state index < -0.39 is 11.9 Å². The van der Waals surface area contributed by atoms with Gasteiger partial charge in [0.25, 0.3) is 0 Å². The third-order valence-electron chi connectivity index (χ3n) is 5.76. The van der Waals surface area contributed by atoms with Crippen LogP contribution in [-0.4, -0.2) is 88.1 Å². The Bertz CT molecular complexity index is 697. The molecule has 8 heteroatoms. The summed E-state index contributed by atoms with van der Waals surface area (Å²) in [7, 11) is 0. The number of carboxylic acids is 2. The first kappa shape index (κ1) is 24.8. The zero-order valence-electron chi connectivity index (χ0n) is 18.6. The van der Waals surface area contributed by atoms with E-state index in [2.05, 4.69) is 58.9 Å². The lowest BCUT2D eigenvalue weighted by Crippen LogP contribution is -2.53. The van der Waals surface area contributed by atoms with Gasteiger partial charge in [-0.2, -0.15) is 0 Å². The van der Waals surface area contributed by atoms with E-state index >= 15 is 0 Å². The van der Waals surface area contributed by atoms with Crippen molar-refractivity contribution in [3.8, 4) is 0 Å². The number of hydrogen-bond donors (Lipinski definition) is 2. The molecule has 0 bridgehead atoms. The van der Waals surface area contributed by atoms with Gasteiger partial charge in [-0.15, -0.1) is 0 Å². The molecule has 31 heavy (non-hydrogen) atoms. The van der Waals surface area contributed by atoms with Crippen LogP contribution in [0.1, 0.15) is 38.7 Å². The van der Waals surface area contributed by atoms with E-state index in [1.165, 1.54) is 5.56 Å². The summed E-state index contributed by atoms with van der Waals surface area (Å²) in [4.78, 5) is 37.7. The number of carbonyl (C=O) groups is 3. The Morgan fingerprint density at radius 1 is 0.903 bits per heavy atom. The Kier molecular flexibility index (Phi) is 9.94. The van der Waals surface area contributed by atoms with Gasteiger partial charge in [-0.1, -0.05) is 44.2 Å². The van der Waals surface area contributed by atoms with Gasteiger partial charge in [0, 0.05) is 58.3 Å². The number of amides is 1. The van der Waals surface area contributed by atoms with Crippen molar-refractivity contribution in [3.63, 3.8) is 0 Å². The lowest BCUT2D eigenvalue weighted by atomic mass is 10.0. The van der Waals surface area contributed by atoms with E-state index in [-0.39, 0.29) is 0 Å². The molecule has 0 aliphatic carbocycles. The normalized spacial score (nSPS) is 18.4. The predicted molar refractivity (Wildman–Crippen MR) is 118 cm³/mol. The molecule has 1 aromatic carbocycles. The molecule has 8 nitrogen and oxygen atoms in total. The number of piperazine rings is 1. The van der Waals surface area contributed by atoms with Crippen LogP contribution in [0.3, 0.4) is 0 Å². The highest BCUT2D eigenvalue weighted by molar-refractivity contribution is 6.27. The standard InChI is InChI=1S/C21H33N3O.C2H2O4/c1-18(2)16-21(25)24-10-8-20(9-11-24)23-14-12-22(13-15-23)17-19-6-4-3-5-7-19;3-1(4)2(5)6/h3-7,18,20H,8-17H2,1-2H3;(H,3,4)(H,5,6). The first-order chi connectivity index (χ1) is 14.8. The minimum Gasteiger partial charge on any atom is -0.473 e. The highest BCUT2D eigenvalue weighted by Gasteiger charge is 2.29. The molecule has 2 aliphatic heterocycles. The van der Waals surface area contributed by atoms with Crippen molar-refractivity contribution in [2.24, 2.45) is 5.92 Å². The van der Waals surface area contributed by atoms with E-state index in [1.54, 1.807) is 0 Å². The van der Waals surface area contributed by atoms with E-state index in [0.29, 0.717) is 24.3 Å². The molecule has 2 aliphatic rings. The monoisotopic (exact) mass is 433 g/mol. The Labute approximate surface area is 184 Å². The van der Waals surface area contributed by atoms with Crippen LogP contribution in [0, 0.1) is 5.92 Å². The smallest absolute Gasteiger partial charge is 0.414 e. The minimum atomic E-state index is -1.82. The number of carbonyl (C=O) groups excluding carboxylic acids is 1. The molecule has 0 saturated carbocycles. The zero-order chi connectivity index (χ0) is 22.8. The SMILES string of the molecule is CC(C)CC(=O)N1CCC(N2CCN(Cc3ccccc3)CC2)CC1.O=C(O)C(=O)O. The Hall–Kier alpha value is -2.45. The van der Waals surface area contributed by atoms with Crippen molar-refractivity contribution < 1.29 is 24.6 Å². The fourth-order valence-corrected chi connectivity index (χ4v) is 4.09. The highest BCUT2D eigenvalue weighted by atomic mass is 16.4. The number of likely N-dealkylation sites (tertiary alicyclic amines) is 1. The predicted octanol–water partition coefficient (Wildman–Crippen LogP) is 2.00. The maximum Gasteiger partial charge on any atom is 0.414 e. The molecule has 0 aromatic heterocycles. The first-order valence-electron chi connectivity index (χ1n) is 11.0. The third-order valence-corrected chi connectivity index (χ3v) is 5.76. The van der Waals surface area contributed by atoms with Crippen LogP contribution >= 0.6 is 0 Å². The van der Waals surface area contributed by atoms with E-state index in [1.807, 2.05) is 0 Å². The number of rotatable bonds is 5. The number of carboxylic acid groups (broad SMARTS) is 2. The summed E-state index contributed by atoms with van der Waals surface area (Å²) in [5.74, 6) is -2.84. The van der Waals surface area contributed by atoms with Gasteiger partial charge in [-0.25, -0.2) is 9.59 Å². The summed E-state index contributed by atoms with van der Waals surface area (Å²) in [6.07, 6.45) is 2.98. The van der Waals surface area contributed by atoms with E-state index in [9.17, 15) is 4.79 Å². The summed E-state index contributed by atoms with van der Waals surface area (Å²) in [6.45, 7) is 11.8. The highest BCUT2D eigenvalue weighted by Crippen LogP contribution is 2.20. The first-order valence-corrected chi connectivity index (χ1v) is 11.0. The number of hydrogen-bond acceptors (Lipinski definition) is 5. The van der Waals surface area contributed by atoms with Crippen molar-refractivity contribution in [3.05, 3.63) is 35.9 Å². The summed E-state index contributed by atoms with van der Waals surface area (Å²) in [5, 5.41) is 14.8. The van der Waals surface area contributed by atoms with Gasteiger partial charge in [-0.05, 0) is 24.3 Å². The maximum absolute atomic E-state index is 12.2. The fourth-order valence-electron chi connectivity index (χ4n) is 4.09. The van der Waals surface area contributed by atoms with Gasteiger partial charge >= 0.3 is 11.9 Å². The molecule has 2 fully saturated rings. The molecule has 3 rings (SSSR count). The van der Waals surface area contributed by atoms with Crippen molar-refractivity contribution >= 4 is 17.8 Å². The molecule has 2 N–H and O–H groups in total. The minimum absolute atomic E-state index is 0.348. The van der Waals surface area contributed by atoms with Crippen LogP contribution < -0.4 is 0 Å². The Morgan fingerprint density at radius 3 is 1.94 bits per heavy atom. The molecule has 172 valence electrons. The van der Waals surface area contributed by atoms with Gasteiger partial charge in [0.05, 0.1) is 0 Å². The average Bonchev–Trinajstić information content (AvgIpc) is 2.75. The molecule has 0 atom stereocenters. The molecule has 0 unspecified atom stereocenters. The molecule has 2 saturated heterocycles.